The lowest BCUT2D eigenvalue weighted by Crippen LogP contribution is -2.23. The maximum Gasteiger partial charge on any atom is 0.191 e. The van der Waals surface area contributed by atoms with E-state index in [1.165, 1.54) is 36.6 Å². The Morgan fingerprint density at radius 2 is 1.74 bits per heavy atom. The number of nitrogens with zero attached hydrogens (tertiary/aromatic N) is 1. The average molecular weight is 331 g/mol. The predicted octanol–water partition coefficient (Wildman–Crippen LogP) is 2.20. The maximum absolute atomic E-state index is 12.4. The number of sulfone groups is 1. The van der Waals surface area contributed by atoms with Crippen LogP contribution in [0, 0.1) is 24.2 Å². The molecule has 1 aromatic heterocycles. The Morgan fingerprint density at radius 3 is 2.17 bits per heavy atom. The molecule has 0 aliphatic heterocycles. The van der Waals surface area contributed by atoms with Crippen LogP contribution in [0.5, 0.6) is 0 Å². The lowest BCUT2D eigenvalue weighted by molar-refractivity contribution is 0.0845. The molecule has 0 radical (unpaired) electrons. The number of ketones is 2. The van der Waals surface area contributed by atoms with Gasteiger partial charge in [0.05, 0.1) is 22.8 Å². The van der Waals surface area contributed by atoms with Crippen molar-refractivity contribution in [2.45, 2.75) is 11.8 Å². The van der Waals surface area contributed by atoms with Crippen LogP contribution in [0.3, 0.4) is 0 Å². The van der Waals surface area contributed by atoms with Crippen LogP contribution in [0.2, 0.25) is 0 Å². The van der Waals surface area contributed by atoms with Gasteiger partial charge in [0.2, 0.25) is 0 Å². The van der Waals surface area contributed by atoms with Crippen LogP contribution in [0.1, 0.15) is 26.5 Å². The Hall–Kier alpha value is -2.72. The zero-order chi connectivity index (χ0) is 17.2. The van der Waals surface area contributed by atoms with Crippen molar-refractivity contribution in [1.82, 2.24) is 0 Å². The van der Waals surface area contributed by atoms with Gasteiger partial charge in [0.15, 0.2) is 27.3 Å². The molecule has 1 aromatic carbocycles. The third-order valence-corrected chi connectivity index (χ3v) is 4.47. The molecule has 118 valence electrons. The second-order valence-corrected chi connectivity index (χ2v) is 6.99. The van der Waals surface area contributed by atoms with Gasteiger partial charge < -0.3 is 4.42 Å². The molecule has 7 heteroatoms. The molecule has 2 aromatic rings. The summed E-state index contributed by atoms with van der Waals surface area (Å²) in [6.45, 7) is 1.56. The van der Waals surface area contributed by atoms with E-state index in [4.69, 9.17) is 4.42 Å². The number of Topliss-reactive ketones (excluding diaryl/α,β-unsaturated/α-hetero) is 2. The first-order chi connectivity index (χ1) is 10.8. The lowest BCUT2D eigenvalue weighted by Gasteiger charge is -2.07. The third-order valence-electron chi connectivity index (χ3n) is 3.34. The molecule has 23 heavy (non-hydrogen) atoms. The van der Waals surface area contributed by atoms with Gasteiger partial charge in [-0.3, -0.25) is 9.59 Å². The summed E-state index contributed by atoms with van der Waals surface area (Å²) in [5, 5.41) is 9.18. The highest BCUT2D eigenvalue weighted by molar-refractivity contribution is 7.90. The van der Waals surface area contributed by atoms with Crippen molar-refractivity contribution in [3.8, 4) is 6.07 Å². The number of aryl methyl sites for hydroxylation is 1. The van der Waals surface area contributed by atoms with E-state index in [0.29, 0.717) is 5.76 Å². The minimum Gasteiger partial charge on any atom is -0.469 e. The number of benzene rings is 1. The minimum atomic E-state index is -3.38. The summed E-state index contributed by atoms with van der Waals surface area (Å²) < 4.78 is 27.8. The van der Waals surface area contributed by atoms with E-state index >= 15 is 0 Å². The van der Waals surface area contributed by atoms with Gasteiger partial charge in [-0.25, -0.2) is 8.42 Å². The number of carbonyl (C=O) groups excluding carboxylic acids is 2. The van der Waals surface area contributed by atoms with Crippen molar-refractivity contribution in [2.75, 3.05) is 6.26 Å². The Bertz CT molecular complexity index is 901. The SMILES string of the molecule is Cc1occc1C(=O)[C@@H](C#N)C(=O)c1ccc(S(C)(=O)=O)cc1. The molecule has 0 saturated carbocycles. The smallest absolute Gasteiger partial charge is 0.191 e. The summed E-state index contributed by atoms with van der Waals surface area (Å²) >= 11 is 0. The van der Waals surface area contributed by atoms with Gasteiger partial charge in [-0.1, -0.05) is 12.1 Å². The van der Waals surface area contributed by atoms with Gasteiger partial charge in [0.1, 0.15) is 5.76 Å². The van der Waals surface area contributed by atoms with E-state index in [2.05, 4.69) is 0 Å². The molecule has 0 unspecified atom stereocenters. The van der Waals surface area contributed by atoms with E-state index in [1.54, 1.807) is 13.0 Å². The molecule has 0 N–H and O–H groups in total. The molecule has 0 saturated heterocycles. The van der Waals surface area contributed by atoms with Gasteiger partial charge in [-0.05, 0) is 25.1 Å². The molecule has 2 rings (SSSR count). The fourth-order valence-corrected chi connectivity index (χ4v) is 2.70. The number of nitriles is 1. The highest BCUT2D eigenvalue weighted by Crippen LogP contribution is 2.19. The second-order valence-electron chi connectivity index (χ2n) is 4.98. The van der Waals surface area contributed by atoms with E-state index < -0.39 is 27.3 Å². The molecular formula is C16H13NO5S. The summed E-state index contributed by atoms with van der Waals surface area (Å²) in [6.07, 6.45) is 2.36. The number of furan rings is 1. The van der Waals surface area contributed by atoms with Crippen LogP contribution in [-0.2, 0) is 9.84 Å². The first-order valence-electron chi connectivity index (χ1n) is 6.58. The minimum absolute atomic E-state index is 0.0552. The largest absolute Gasteiger partial charge is 0.469 e. The quantitative estimate of drug-likeness (QED) is 0.614. The van der Waals surface area contributed by atoms with Crippen LogP contribution < -0.4 is 0 Å². The number of hydrogen-bond donors (Lipinski definition) is 0. The Morgan fingerprint density at radius 1 is 1.13 bits per heavy atom. The topological polar surface area (TPSA) is 105 Å². The van der Waals surface area contributed by atoms with Crippen LogP contribution in [0.15, 0.2) is 45.9 Å². The average Bonchev–Trinajstić information content (AvgIpc) is 2.93. The molecule has 1 heterocycles. The van der Waals surface area contributed by atoms with Crippen molar-refractivity contribution in [2.24, 2.45) is 5.92 Å². The van der Waals surface area contributed by atoms with Crippen LogP contribution in [0.25, 0.3) is 0 Å². The fraction of sp³-hybridized carbons (Fsp3) is 0.188. The van der Waals surface area contributed by atoms with Crippen molar-refractivity contribution in [1.29, 1.82) is 5.26 Å². The van der Waals surface area contributed by atoms with E-state index in [-0.39, 0.29) is 16.0 Å². The summed E-state index contributed by atoms with van der Waals surface area (Å²) in [6, 6.07) is 8.22. The first kappa shape index (κ1) is 16.6. The molecule has 0 bridgehead atoms. The molecule has 1 atom stereocenters. The Kier molecular flexibility index (Phi) is 4.48. The molecule has 0 amide bonds. The van der Waals surface area contributed by atoms with Gasteiger partial charge in [0.25, 0.3) is 0 Å². The van der Waals surface area contributed by atoms with Crippen LogP contribution >= 0.6 is 0 Å². The summed E-state index contributed by atoms with van der Waals surface area (Å²) in [7, 11) is -3.38. The maximum atomic E-state index is 12.4. The van der Waals surface area contributed by atoms with Crippen molar-refractivity contribution >= 4 is 21.4 Å². The molecule has 0 spiro atoms. The third kappa shape index (κ3) is 3.38. The van der Waals surface area contributed by atoms with E-state index in [0.717, 1.165) is 6.26 Å². The monoisotopic (exact) mass is 331 g/mol. The Labute approximate surface area is 133 Å². The van der Waals surface area contributed by atoms with Crippen LogP contribution in [-0.4, -0.2) is 26.2 Å². The van der Waals surface area contributed by atoms with E-state index in [1.807, 2.05) is 0 Å². The van der Waals surface area contributed by atoms with Gasteiger partial charge >= 0.3 is 0 Å². The van der Waals surface area contributed by atoms with Gasteiger partial charge in [0, 0.05) is 11.8 Å². The number of rotatable bonds is 5. The lowest BCUT2D eigenvalue weighted by atomic mass is 9.91. The number of hydrogen-bond acceptors (Lipinski definition) is 6. The second kappa shape index (κ2) is 6.18. The molecule has 0 aliphatic rings. The highest BCUT2D eigenvalue weighted by atomic mass is 32.2. The predicted molar refractivity (Wildman–Crippen MR) is 80.8 cm³/mol. The van der Waals surface area contributed by atoms with Crippen molar-refractivity contribution in [3.63, 3.8) is 0 Å². The van der Waals surface area contributed by atoms with Crippen LogP contribution in [0.4, 0.5) is 0 Å². The van der Waals surface area contributed by atoms with Gasteiger partial charge in [-0.15, -0.1) is 0 Å². The number of carbonyl (C=O) groups is 2. The molecule has 6 nitrogen and oxygen atoms in total. The van der Waals surface area contributed by atoms with Crippen molar-refractivity contribution in [3.05, 3.63) is 53.5 Å². The normalized spacial score (nSPS) is 12.4. The molecule has 0 fully saturated rings. The van der Waals surface area contributed by atoms with Gasteiger partial charge in [-0.2, -0.15) is 5.26 Å². The summed E-state index contributed by atoms with van der Waals surface area (Å²) in [4.78, 5) is 24.7. The highest BCUT2D eigenvalue weighted by Gasteiger charge is 2.30. The molecular weight excluding hydrogens is 318 g/mol. The summed E-state index contributed by atoms with van der Waals surface area (Å²) in [5.74, 6) is -2.50. The zero-order valence-corrected chi connectivity index (χ0v) is 13.3. The first-order valence-corrected chi connectivity index (χ1v) is 8.47. The zero-order valence-electron chi connectivity index (χ0n) is 12.4. The standard InChI is InChI=1S/C16H13NO5S/c1-10-13(7-8-22-10)16(19)14(9-17)15(18)11-3-5-12(6-4-11)23(2,20)21/h3-8,14H,1-2H3/t14-/m0/s1. The van der Waals surface area contributed by atoms with Crippen molar-refractivity contribution < 1.29 is 22.4 Å². The fourth-order valence-electron chi connectivity index (χ4n) is 2.07. The van der Waals surface area contributed by atoms with E-state index in [9.17, 15) is 23.3 Å². The molecule has 0 aliphatic carbocycles. The summed E-state index contributed by atoms with van der Waals surface area (Å²) in [5.41, 5.74) is 0.274. The Balaban J connectivity index is 2.33.